The van der Waals surface area contributed by atoms with Gasteiger partial charge in [0.15, 0.2) is 6.61 Å². The molecule has 9 heteroatoms. The van der Waals surface area contributed by atoms with Gasteiger partial charge in [-0.3, -0.25) is 4.79 Å². The third-order valence-electron chi connectivity index (χ3n) is 1.88. The quantitative estimate of drug-likeness (QED) is 0.620. The number of ether oxygens (including phenoxy) is 1. The van der Waals surface area contributed by atoms with Crippen LogP contribution in [0, 0.1) is 0 Å². The molecule has 1 aromatic carbocycles. The van der Waals surface area contributed by atoms with Crippen LogP contribution < -0.4 is 15.6 Å². The maximum Gasteiger partial charge on any atom is 0.339 e. The summed E-state index contributed by atoms with van der Waals surface area (Å²) in [6.45, 7) is -0.519. The zero-order chi connectivity index (χ0) is 13.9. The number of primary amides is 1. The van der Waals surface area contributed by atoms with Crippen molar-refractivity contribution in [2.45, 2.75) is 4.90 Å². The van der Waals surface area contributed by atoms with Gasteiger partial charge in [-0.1, -0.05) is 0 Å². The maximum absolute atomic E-state index is 11.1. The molecule has 0 saturated heterocycles. The summed E-state index contributed by atoms with van der Waals surface area (Å²) in [6.07, 6.45) is 0. The minimum atomic E-state index is -4.02. The lowest BCUT2D eigenvalue weighted by molar-refractivity contribution is -0.119. The summed E-state index contributed by atoms with van der Waals surface area (Å²) in [7, 11) is -4.02. The second-order valence-electron chi connectivity index (χ2n) is 3.26. The van der Waals surface area contributed by atoms with Crippen molar-refractivity contribution in [3.05, 3.63) is 23.8 Å². The van der Waals surface area contributed by atoms with Crippen molar-refractivity contribution in [3.8, 4) is 5.75 Å². The van der Waals surface area contributed by atoms with Crippen molar-refractivity contribution in [2.75, 3.05) is 6.61 Å². The van der Waals surface area contributed by atoms with Crippen LogP contribution >= 0.6 is 0 Å². The molecule has 0 fully saturated rings. The number of sulfonamides is 1. The molecule has 0 aliphatic heterocycles. The Kier molecular flexibility index (Phi) is 3.89. The van der Waals surface area contributed by atoms with Crippen LogP contribution in [0.5, 0.6) is 5.75 Å². The first-order chi connectivity index (χ1) is 8.21. The number of carboxylic acids is 1. The smallest absolute Gasteiger partial charge is 0.339 e. The molecule has 0 atom stereocenters. The fourth-order valence-corrected chi connectivity index (χ4v) is 1.67. The van der Waals surface area contributed by atoms with Crippen LogP contribution in [0.15, 0.2) is 23.1 Å². The monoisotopic (exact) mass is 274 g/mol. The summed E-state index contributed by atoms with van der Waals surface area (Å²) in [6, 6.07) is 3.00. The number of benzene rings is 1. The SMILES string of the molecule is NC(=O)COc1ccc(S(N)(=O)=O)cc1C(=O)O. The third-order valence-corrected chi connectivity index (χ3v) is 2.79. The molecule has 98 valence electrons. The normalized spacial score (nSPS) is 10.9. The van der Waals surface area contributed by atoms with E-state index in [1.807, 2.05) is 0 Å². The first-order valence-corrected chi connectivity index (χ1v) is 6.07. The lowest BCUT2D eigenvalue weighted by atomic mass is 10.2. The summed E-state index contributed by atoms with van der Waals surface area (Å²) in [5.74, 6) is -2.38. The molecule has 0 radical (unpaired) electrons. The van der Waals surface area contributed by atoms with E-state index >= 15 is 0 Å². The Labute approximate surface area is 102 Å². The van der Waals surface area contributed by atoms with E-state index in [4.69, 9.17) is 20.7 Å². The summed E-state index contributed by atoms with van der Waals surface area (Å²) < 4.78 is 26.9. The standard InChI is InChI=1S/C9H10N2O6S/c10-8(12)4-17-7-2-1-5(18(11,15)16)3-6(7)9(13)14/h1-3H,4H2,(H2,10,12)(H,13,14)(H2,11,15,16). The highest BCUT2D eigenvalue weighted by atomic mass is 32.2. The van der Waals surface area contributed by atoms with Gasteiger partial charge in [-0.05, 0) is 18.2 Å². The predicted octanol–water partition coefficient (Wildman–Crippen LogP) is -1.10. The lowest BCUT2D eigenvalue weighted by Gasteiger charge is -2.08. The molecule has 1 aromatic rings. The van der Waals surface area contributed by atoms with Crippen LogP contribution in [-0.2, 0) is 14.8 Å². The number of hydrogen-bond acceptors (Lipinski definition) is 5. The Morgan fingerprint density at radius 1 is 1.33 bits per heavy atom. The highest BCUT2D eigenvalue weighted by Gasteiger charge is 2.17. The van der Waals surface area contributed by atoms with Crippen LogP contribution in [-0.4, -0.2) is 32.0 Å². The van der Waals surface area contributed by atoms with Gasteiger partial charge in [-0.25, -0.2) is 18.4 Å². The molecule has 0 unspecified atom stereocenters. The number of nitrogens with two attached hydrogens (primary N) is 2. The Hall–Kier alpha value is -2.13. The molecule has 0 aliphatic carbocycles. The number of rotatable bonds is 5. The molecule has 0 aliphatic rings. The summed E-state index contributed by atoms with van der Waals surface area (Å²) in [5, 5.41) is 13.8. The fraction of sp³-hybridized carbons (Fsp3) is 0.111. The van der Waals surface area contributed by atoms with E-state index in [1.165, 1.54) is 0 Å². The predicted molar refractivity (Wildman–Crippen MR) is 59.5 cm³/mol. The second-order valence-corrected chi connectivity index (χ2v) is 4.82. The highest BCUT2D eigenvalue weighted by molar-refractivity contribution is 7.89. The first-order valence-electron chi connectivity index (χ1n) is 4.53. The average Bonchev–Trinajstić information content (AvgIpc) is 2.24. The highest BCUT2D eigenvalue weighted by Crippen LogP contribution is 2.22. The molecule has 1 amide bonds. The zero-order valence-electron chi connectivity index (χ0n) is 8.99. The van der Waals surface area contributed by atoms with Crippen LogP contribution in [0.25, 0.3) is 0 Å². The van der Waals surface area contributed by atoms with Crippen LogP contribution in [0.1, 0.15) is 10.4 Å². The van der Waals surface area contributed by atoms with Gasteiger partial charge in [0.05, 0.1) is 4.90 Å². The third kappa shape index (κ3) is 3.43. The molecule has 0 saturated carbocycles. The molecule has 18 heavy (non-hydrogen) atoms. The lowest BCUT2D eigenvalue weighted by Crippen LogP contribution is -2.21. The van der Waals surface area contributed by atoms with E-state index in [-0.39, 0.29) is 10.6 Å². The van der Waals surface area contributed by atoms with Crippen LogP contribution in [0.4, 0.5) is 0 Å². The Bertz CT molecular complexity index is 595. The average molecular weight is 274 g/mol. The van der Waals surface area contributed by atoms with Gasteiger partial charge in [0.2, 0.25) is 10.0 Å². The van der Waals surface area contributed by atoms with Gasteiger partial charge in [0.25, 0.3) is 5.91 Å². The Morgan fingerprint density at radius 3 is 2.39 bits per heavy atom. The molecular formula is C9H10N2O6S. The van der Waals surface area contributed by atoms with Crippen LogP contribution in [0.2, 0.25) is 0 Å². The van der Waals surface area contributed by atoms with Crippen molar-refractivity contribution in [1.29, 1.82) is 0 Å². The number of carbonyl (C=O) groups is 2. The van der Waals surface area contributed by atoms with Gasteiger partial charge < -0.3 is 15.6 Å². The number of aromatic carboxylic acids is 1. The Morgan fingerprint density at radius 2 is 1.94 bits per heavy atom. The minimum Gasteiger partial charge on any atom is -0.483 e. The number of carboxylic acid groups (broad SMARTS) is 1. The van der Waals surface area contributed by atoms with Crippen molar-refractivity contribution in [2.24, 2.45) is 10.9 Å². The molecule has 0 heterocycles. The fourth-order valence-electron chi connectivity index (χ4n) is 1.13. The second kappa shape index (κ2) is 5.02. The van der Waals surface area contributed by atoms with Crippen LogP contribution in [0.3, 0.4) is 0 Å². The molecule has 0 bridgehead atoms. The molecule has 0 spiro atoms. The topological polar surface area (TPSA) is 150 Å². The molecule has 8 nitrogen and oxygen atoms in total. The Balaban J connectivity index is 3.21. The first kappa shape index (κ1) is 13.9. The summed E-state index contributed by atoms with van der Waals surface area (Å²) in [4.78, 5) is 21.1. The molecular weight excluding hydrogens is 264 g/mol. The molecule has 1 rings (SSSR count). The van der Waals surface area contributed by atoms with E-state index < -0.39 is 34.1 Å². The van der Waals surface area contributed by atoms with E-state index in [1.54, 1.807) is 0 Å². The number of amides is 1. The van der Waals surface area contributed by atoms with Gasteiger partial charge in [-0.15, -0.1) is 0 Å². The number of primary sulfonamides is 1. The largest absolute Gasteiger partial charge is 0.483 e. The maximum atomic E-state index is 11.1. The molecule has 0 aromatic heterocycles. The number of carbonyl (C=O) groups excluding carboxylic acids is 1. The number of hydrogen-bond donors (Lipinski definition) is 3. The van der Waals surface area contributed by atoms with E-state index in [0.717, 1.165) is 18.2 Å². The van der Waals surface area contributed by atoms with E-state index in [0.29, 0.717) is 0 Å². The minimum absolute atomic E-state index is 0.172. The van der Waals surface area contributed by atoms with Crippen molar-refractivity contribution in [1.82, 2.24) is 0 Å². The molecule has 5 N–H and O–H groups in total. The zero-order valence-corrected chi connectivity index (χ0v) is 9.81. The van der Waals surface area contributed by atoms with E-state index in [9.17, 15) is 18.0 Å². The van der Waals surface area contributed by atoms with Crippen molar-refractivity contribution in [3.63, 3.8) is 0 Å². The van der Waals surface area contributed by atoms with Gasteiger partial charge >= 0.3 is 5.97 Å². The summed E-state index contributed by atoms with van der Waals surface area (Å²) in [5.41, 5.74) is 4.41. The van der Waals surface area contributed by atoms with Gasteiger partial charge in [0.1, 0.15) is 11.3 Å². The summed E-state index contributed by atoms with van der Waals surface area (Å²) >= 11 is 0. The van der Waals surface area contributed by atoms with E-state index in [2.05, 4.69) is 0 Å². The van der Waals surface area contributed by atoms with Crippen molar-refractivity contribution < 1.29 is 27.9 Å². The van der Waals surface area contributed by atoms with Crippen molar-refractivity contribution >= 4 is 21.9 Å². The van der Waals surface area contributed by atoms with Gasteiger partial charge in [0, 0.05) is 0 Å². The van der Waals surface area contributed by atoms with Gasteiger partial charge in [-0.2, -0.15) is 0 Å².